The number of guanidine groups is 1. The van der Waals surface area contributed by atoms with Crippen LogP contribution >= 0.6 is 0 Å². The Hall–Kier alpha value is -2.68. The zero-order valence-electron chi connectivity index (χ0n) is 15.1. The van der Waals surface area contributed by atoms with Crippen LogP contribution in [0.5, 0.6) is 5.75 Å². The maximum Gasteiger partial charge on any atom is 0.387 e. The molecule has 0 aliphatic carbocycles. The molecule has 2 heterocycles. The summed E-state index contributed by atoms with van der Waals surface area (Å²) in [5.41, 5.74) is 1.77. The predicted molar refractivity (Wildman–Crippen MR) is 96.6 cm³/mol. The van der Waals surface area contributed by atoms with Gasteiger partial charge in [-0.3, -0.25) is 9.89 Å². The Morgan fingerprint density at radius 2 is 2.11 bits per heavy atom. The van der Waals surface area contributed by atoms with Crippen LogP contribution in [0.2, 0.25) is 0 Å². The van der Waals surface area contributed by atoms with E-state index in [1.807, 2.05) is 12.1 Å². The van der Waals surface area contributed by atoms with Gasteiger partial charge in [-0.25, -0.2) is 0 Å². The number of halogens is 2. The van der Waals surface area contributed by atoms with Crippen molar-refractivity contribution in [2.45, 2.75) is 19.7 Å². The molecule has 1 aromatic carbocycles. The lowest BCUT2D eigenvalue weighted by Gasteiger charge is -2.36. The lowest BCUT2D eigenvalue weighted by Crippen LogP contribution is -2.52. The van der Waals surface area contributed by atoms with Crippen molar-refractivity contribution in [3.8, 4) is 5.75 Å². The van der Waals surface area contributed by atoms with Gasteiger partial charge in [0.15, 0.2) is 5.96 Å². The maximum atomic E-state index is 12.3. The van der Waals surface area contributed by atoms with Gasteiger partial charge >= 0.3 is 6.61 Å². The summed E-state index contributed by atoms with van der Waals surface area (Å²) < 4.78 is 34.0. The zero-order valence-corrected chi connectivity index (χ0v) is 15.1. The molecule has 0 unspecified atom stereocenters. The summed E-state index contributed by atoms with van der Waals surface area (Å²) in [6.07, 6.45) is 1.58. The molecular formula is C18H23F2N5O2. The number of hydrogen-bond donors (Lipinski definition) is 1. The van der Waals surface area contributed by atoms with Gasteiger partial charge in [0.05, 0.1) is 5.69 Å². The van der Waals surface area contributed by atoms with Crippen LogP contribution in [-0.2, 0) is 13.1 Å². The first kappa shape index (κ1) is 19.1. The largest absolute Gasteiger partial charge is 0.435 e. The van der Waals surface area contributed by atoms with Crippen LogP contribution in [0.4, 0.5) is 8.78 Å². The van der Waals surface area contributed by atoms with Crippen molar-refractivity contribution in [2.24, 2.45) is 4.99 Å². The summed E-state index contributed by atoms with van der Waals surface area (Å²) in [5.74, 6) is 0.942. The average Bonchev–Trinajstić information content (AvgIpc) is 3.16. The molecule has 27 heavy (non-hydrogen) atoms. The number of aromatic nitrogens is 1. The molecule has 7 nitrogen and oxygen atoms in total. The first-order valence-corrected chi connectivity index (χ1v) is 8.75. The first-order chi connectivity index (χ1) is 13.1. The molecule has 0 amide bonds. The predicted octanol–water partition coefficient (Wildman–Crippen LogP) is 2.17. The standard InChI is InChI=1S/C18H23F2N5O2/c1-21-18(22-12-14-3-2-4-16(11-14)27-17(19)20)25-8-6-24(7-9-25)13-15-5-10-26-23-15/h2-5,10-11,17H,6-9,12-13H2,1H3,(H,21,22). The van der Waals surface area contributed by atoms with E-state index in [1.54, 1.807) is 25.4 Å². The van der Waals surface area contributed by atoms with E-state index in [1.165, 1.54) is 6.07 Å². The molecule has 1 saturated heterocycles. The molecule has 0 atom stereocenters. The SMILES string of the molecule is CN=C(NCc1cccc(OC(F)F)c1)N1CCN(Cc2ccon2)CC1. The number of rotatable bonds is 6. The van der Waals surface area contributed by atoms with Crippen LogP contribution in [0.15, 0.2) is 46.1 Å². The van der Waals surface area contributed by atoms with Crippen LogP contribution in [0.3, 0.4) is 0 Å². The number of nitrogens with one attached hydrogen (secondary N) is 1. The molecule has 0 bridgehead atoms. The molecule has 1 aliphatic rings. The summed E-state index contributed by atoms with van der Waals surface area (Å²) in [4.78, 5) is 8.82. The fourth-order valence-corrected chi connectivity index (χ4v) is 3.01. The Labute approximate surface area is 156 Å². The van der Waals surface area contributed by atoms with Crippen molar-refractivity contribution in [2.75, 3.05) is 33.2 Å². The van der Waals surface area contributed by atoms with Crippen LogP contribution < -0.4 is 10.1 Å². The Kier molecular flexibility index (Phi) is 6.59. The second kappa shape index (κ2) is 9.31. The number of piperazine rings is 1. The van der Waals surface area contributed by atoms with Crippen molar-refractivity contribution in [3.05, 3.63) is 47.9 Å². The second-order valence-electron chi connectivity index (χ2n) is 6.18. The Bertz CT molecular complexity index is 731. The van der Waals surface area contributed by atoms with Crippen molar-refractivity contribution >= 4 is 5.96 Å². The maximum absolute atomic E-state index is 12.3. The molecule has 1 aliphatic heterocycles. The van der Waals surface area contributed by atoms with Gasteiger partial charge in [-0.05, 0) is 17.7 Å². The molecule has 0 radical (unpaired) electrons. The van der Waals surface area contributed by atoms with Gasteiger partial charge in [-0.2, -0.15) is 8.78 Å². The minimum Gasteiger partial charge on any atom is -0.435 e. The lowest BCUT2D eigenvalue weighted by atomic mass is 10.2. The number of benzene rings is 1. The summed E-state index contributed by atoms with van der Waals surface area (Å²) in [6, 6.07) is 8.54. The smallest absolute Gasteiger partial charge is 0.387 e. The third kappa shape index (κ3) is 5.65. The van der Waals surface area contributed by atoms with Crippen molar-refractivity contribution in [1.82, 2.24) is 20.3 Å². The second-order valence-corrected chi connectivity index (χ2v) is 6.18. The molecular weight excluding hydrogens is 356 g/mol. The number of hydrogen-bond acceptors (Lipinski definition) is 5. The van der Waals surface area contributed by atoms with E-state index in [9.17, 15) is 8.78 Å². The quantitative estimate of drug-likeness (QED) is 0.613. The third-order valence-corrected chi connectivity index (χ3v) is 4.33. The Balaban J connectivity index is 1.48. The molecule has 1 N–H and O–H groups in total. The highest BCUT2D eigenvalue weighted by molar-refractivity contribution is 5.80. The van der Waals surface area contributed by atoms with Gasteiger partial charge in [-0.1, -0.05) is 17.3 Å². The monoisotopic (exact) mass is 379 g/mol. The van der Waals surface area contributed by atoms with E-state index in [-0.39, 0.29) is 5.75 Å². The van der Waals surface area contributed by atoms with E-state index in [4.69, 9.17) is 4.52 Å². The highest BCUT2D eigenvalue weighted by atomic mass is 19.3. The summed E-state index contributed by atoms with van der Waals surface area (Å²) in [6.45, 7) is 1.89. The summed E-state index contributed by atoms with van der Waals surface area (Å²) >= 11 is 0. The minimum absolute atomic E-state index is 0.153. The van der Waals surface area contributed by atoms with E-state index < -0.39 is 6.61 Å². The normalized spacial score (nSPS) is 16.0. The fraction of sp³-hybridized carbons (Fsp3) is 0.444. The van der Waals surface area contributed by atoms with Gasteiger partial charge in [0, 0.05) is 52.4 Å². The van der Waals surface area contributed by atoms with Crippen LogP contribution in [0.1, 0.15) is 11.3 Å². The third-order valence-electron chi connectivity index (χ3n) is 4.33. The van der Waals surface area contributed by atoms with Crippen LogP contribution in [-0.4, -0.2) is 60.8 Å². The number of aliphatic imine (C=N–C) groups is 1. The summed E-state index contributed by atoms with van der Waals surface area (Å²) in [7, 11) is 1.74. The van der Waals surface area contributed by atoms with E-state index in [0.29, 0.717) is 6.54 Å². The van der Waals surface area contributed by atoms with Crippen molar-refractivity contribution in [1.29, 1.82) is 0 Å². The molecule has 3 rings (SSSR count). The molecule has 0 spiro atoms. The molecule has 9 heteroatoms. The molecule has 0 saturated carbocycles. The van der Waals surface area contributed by atoms with Gasteiger partial charge < -0.3 is 19.5 Å². The fourth-order valence-electron chi connectivity index (χ4n) is 3.01. The highest BCUT2D eigenvalue weighted by Crippen LogP contribution is 2.16. The van der Waals surface area contributed by atoms with Gasteiger partial charge in [0.25, 0.3) is 0 Å². The van der Waals surface area contributed by atoms with Crippen molar-refractivity contribution in [3.63, 3.8) is 0 Å². The van der Waals surface area contributed by atoms with Gasteiger partial charge in [0.1, 0.15) is 12.0 Å². The van der Waals surface area contributed by atoms with Crippen molar-refractivity contribution < 1.29 is 18.0 Å². The van der Waals surface area contributed by atoms with Gasteiger partial charge in [-0.15, -0.1) is 0 Å². The number of ether oxygens (including phenoxy) is 1. The highest BCUT2D eigenvalue weighted by Gasteiger charge is 2.20. The summed E-state index contributed by atoms with van der Waals surface area (Å²) in [5, 5.41) is 7.23. The molecule has 2 aromatic rings. The first-order valence-electron chi connectivity index (χ1n) is 8.75. The molecule has 146 valence electrons. The lowest BCUT2D eigenvalue weighted by molar-refractivity contribution is -0.0498. The number of alkyl halides is 2. The minimum atomic E-state index is -2.82. The Morgan fingerprint density at radius 3 is 2.78 bits per heavy atom. The van der Waals surface area contributed by atoms with Gasteiger partial charge in [0.2, 0.25) is 0 Å². The topological polar surface area (TPSA) is 66.1 Å². The van der Waals surface area contributed by atoms with Crippen LogP contribution in [0, 0.1) is 0 Å². The Morgan fingerprint density at radius 1 is 1.30 bits per heavy atom. The van der Waals surface area contributed by atoms with E-state index in [0.717, 1.165) is 49.9 Å². The van der Waals surface area contributed by atoms with Crippen LogP contribution in [0.25, 0.3) is 0 Å². The number of nitrogens with zero attached hydrogens (tertiary/aromatic N) is 4. The van der Waals surface area contributed by atoms with E-state index in [2.05, 4.69) is 30.0 Å². The average molecular weight is 379 g/mol. The van der Waals surface area contributed by atoms with E-state index >= 15 is 0 Å². The zero-order chi connectivity index (χ0) is 19.1. The molecule has 1 fully saturated rings. The molecule has 1 aromatic heterocycles.